The number of benzene rings is 1. The molecule has 0 saturated heterocycles. The number of aliphatic hydroxyl groups excluding tert-OH is 1. The summed E-state index contributed by atoms with van der Waals surface area (Å²) < 4.78 is 10.7. The van der Waals surface area contributed by atoms with Crippen molar-refractivity contribution in [2.45, 2.75) is 18.6 Å². The number of ether oxygens (including phenoxy) is 2. The largest absolute Gasteiger partial charge is 0.497 e. The molecule has 0 radical (unpaired) electrons. The molecule has 4 nitrogen and oxygen atoms in total. The second-order valence-electron chi connectivity index (χ2n) is 3.67. The molecule has 0 aliphatic carbocycles. The van der Waals surface area contributed by atoms with E-state index < -0.39 is 0 Å². The first kappa shape index (κ1) is 10.3. The fraction of sp³-hybridized carbons (Fsp3) is 0.455. The van der Waals surface area contributed by atoms with Crippen LogP contribution in [0.1, 0.15) is 18.0 Å². The standard InChI is InChI=1S/C11H15NO3/c1-14-7-2-3-9-10(12)4-8(6-13)15-11(9)5-7/h2-3,5,8,10,13H,4,6,12H2,1H3/t8?,10-/m0/s1. The number of rotatable bonds is 2. The fourth-order valence-electron chi connectivity index (χ4n) is 1.80. The molecule has 1 unspecified atom stereocenters. The second-order valence-corrected chi connectivity index (χ2v) is 3.67. The van der Waals surface area contributed by atoms with Crippen LogP contribution in [0.3, 0.4) is 0 Å². The normalized spacial score (nSPS) is 24.2. The minimum atomic E-state index is -0.209. The molecule has 4 heteroatoms. The Kier molecular flexibility index (Phi) is 2.79. The van der Waals surface area contributed by atoms with Gasteiger partial charge in [-0.05, 0) is 6.07 Å². The van der Waals surface area contributed by atoms with Gasteiger partial charge in [0.25, 0.3) is 0 Å². The third-order valence-electron chi connectivity index (χ3n) is 2.63. The summed E-state index contributed by atoms with van der Waals surface area (Å²) in [7, 11) is 1.61. The highest BCUT2D eigenvalue weighted by Gasteiger charge is 2.25. The van der Waals surface area contributed by atoms with Crippen molar-refractivity contribution >= 4 is 0 Å². The average molecular weight is 209 g/mol. The Balaban J connectivity index is 2.33. The zero-order valence-corrected chi connectivity index (χ0v) is 8.64. The number of hydrogen-bond donors (Lipinski definition) is 2. The van der Waals surface area contributed by atoms with Crippen LogP contribution in [-0.4, -0.2) is 24.9 Å². The number of methoxy groups -OCH3 is 1. The van der Waals surface area contributed by atoms with Crippen molar-refractivity contribution in [1.29, 1.82) is 0 Å². The van der Waals surface area contributed by atoms with Gasteiger partial charge in [-0.2, -0.15) is 0 Å². The van der Waals surface area contributed by atoms with E-state index >= 15 is 0 Å². The summed E-state index contributed by atoms with van der Waals surface area (Å²) in [5.74, 6) is 1.45. The molecule has 1 aromatic carbocycles. The zero-order chi connectivity index (χ0) is 10.8. The van der Waals surface area contributed by atoms with Gasteiger partial charge in [0.2, 0.25) is 0 Å². The van der Waals surface area contributed by atoms with Gasteiger partial charge in [0.1, 0.15) is 17.6 Å². The lowest BCUT2D eigenvalue weighted by atomic mass is 9.97. The molecule has 0 saturated carbocycles. The summed E-state index contributed by atoms with van der Waals surface area (Å²) in [6.45, 7) is -0.00957. The molecule has 0 bridgehead atoms. The maximum absolute atomic E-state index is 9.05. The summed E-state index contributed by atoms with van der Waals surface area (Å²) >= 11 is 0. The average Bonchev–Trinajstić information content (AvgIpc) is 2.28. The summed E-state index contributed by atoms with van der Waals surface area (Å²) in [6.07, 6.45) is 0.440. The maximum Gasteiger partial charge on any atom is 0.128 e. The highest BCUT2D eigenvalue weighted by Crippen LogP contribution is 2.35. The quantitative estimate of drug-likeness (QED) is 0.757. The van der Waals surface area contributed by atoms with Gasteiger partial charge in [-0.3, -0.25) is 0 Å². The molecule has 1 aliphatic rings. The Morgan fingerprint density at radius 1 is 1.60 bits per heavy atom. The monoisotopic (exact) mass is 209 g/mol. The van der Waals surface area contributed by atoms with Crippen molar-refractivity contribution in [3.05, 3.63) is 23.8 Å². The molecule has 1 aliphatic heterocycles. The van der Waals surface area contributed by atoms with Crippen molar-refractivity contribution in [1.82, 2.24) is 0 Å². The molecule has 0 aromatic heterocycles. The van der Waals surface area contributed by atoms with Crippen LogP contribution in [0, 0.1) is 0 Å². The minimum absolute atomic E-state index is 0.00957. The number of fused-ring (bicyclic) bond motifs is 1. The summed E-state index contributed by atoms with van der Waals surface area (Å²) in [5.41, 5.74) is 6.94. The van der Waals surface area contributed by atoms with E-state index in [0.717, 1.165) is 11.3 Å². The van der Waals surface area contributed by atoms with Crippen LogP contribution >= 0.6 is 0 Å². The van der Waals surface area contributed by atoms with Gasteiger partial charge in [0.15, 0.2) is 0 Å². The minimum Gasteiger partial charge on any atom is -0.497 e. The number of aliphatic hydroxyl groups is 1. The van der Waals surface area contributed by atoms with E-state index in [-0.39, 0.29) is 18.8 Å². The van der Waals surface area contributed by atoms with Gasteiger partial charge in [0, 0.05) is 24.1 Å². The third-order valence-corrected chi connectivity index (χ3v) is 2.63. The maximum atomic E-state index is 9.05. The van der Waals surface area contributed by atoms with Crippen LogP contribution in [0.25, 0.3) is 0 Å². The fourth-order valence-corrected chi connectivity index (χ4v) is 1.80. The predicted octanol–water partition coefficient (Wildman–Crippen LogP) is 0.838. The summed E-state index contributed by atoms with van der Waals surface area (Å²) in [5, 5.41) is 9.05. The number of nitrogens with two attached hydrogens (primary N) is 1. The lowest BCUT2D eigenvalue weighted by Crippen LogP contribution is -2.31. The first-order valence-electron chi connectivity index (χ1n) is 4.95. The molecule has 2 atom stereocenters. The Labute approximate surface area is 88.6 Å². The van der Waals surface area contributed by atoms with Gasteiger partial charge in [-0.1, -0.05) is 6.07 Å². The van der Waals surface area contributed by atoms with Gasteiger partial charge < -0.3 is 20.3 Å². The van der Waals surface area contributed by atoms with Crippen LogP contribution in [0.4, 0.5) is 0 Å². The van der Waals surface area contributed by atoms with E-state index in [4.69, 9.17) is 20.3 Å². The van der Waals surface area contributed by atoms with E-state index in [2.05, 4.69) is 0 Å². The van der Waals surface area contributed by atoms with Gasteiger partial charge in [0.05, 0.1) is 13.7 Å². The topological polar surface area (TPSA) is 64.7 Å². The Morgan fingerprint density at radius 2 is 2.40 bits per heavy atom. The first-order chi connectivity index (χ1) is 7.24. The van der Waals surface area contributed by atoms with Crippen molar-refractivity contribution in [3.63, 3.8) is 0 Å². The Hall–Kier alpha value is -1.26. The smallest absolute Gasteiger partial charge is 0.128 e. The van der Waals surface area contributed by atoms with Crippen LogP contribution in [-0.2, 0) is 0 Å². The molecule has 1 aromatic rings. The van der Waals surface area contributed by atoms with Crippen LogP contribution < -0.4 is 15.2 Å². The lowest BCUT2D eigenvalue weighted by Gasteiger charge is -2.29. The van der Waals surface area contributed by atoms with E-state index in [0.29, 0.717) is 12.2 Å². The predicted molar refractivity (Wildman–Crippen MR) is 56.0 cm³/mol. The summed E-state index contributed by atoms with van der Waals surface area (Å²) in [4.78, 5) is 0. The van der Waals surface area contributed by atoms with Gasteiger partial charge in [-0.25, -0.2) is 0 Å². The van der Waals surface area contributed by atoms with Crippen LogP contribution in [0.15, 0.2) is 18.2 Å². The van der Waals surface area contributed by atoms with Gasteiger partial charge >= 0.3 is 0 Å². The van der Waals surface area contributed by atoms with Crippen molar-refractivity contribution in [3.8, 4) is 11.5 Å². The molecule has 0 amide bonds. The Morgan fingerprint density at radius 3 is 3.07 bits per heavy atom. The molecule has 2 rings (SSSR count). The zero-order valence-electron chi connectivity index (χ0n) is 8.64. The van der Waals surface area contributed by atoms with Crippen molar-refractivity contribution in [2.24, 2.45) is 5.73 Å². The van der Waals surface area contributed by atoms with E-state index in [9.17, 15) is 0 Å². The molecule has 0 spiro atoms. The first-order valence-corrected chi connectivity index (χ1v) is 4.95. The second kappa shape index (κ2) is 4.08. The molecule has 82 valence electrons. The van der Waals surface area contributed by atoms with E-state index in [1.165, 1.54) is 0 Å². The highest BCUT2D eigenvalue weighted by molar-refractivity contribution is 5.43. The lowest BCUT2D eigenvalue weighted by molar-refractivity contribution is 0.0885. The Bertz CT molecular complexity index is 354. The molecule has 15 heavy (non-hydrogen) atoms. The SMILES string of the molecule is COc1ccc2c(c1)OC(CO)C[C@@H]2N. The molecule has 1 heterocycles. The van der Waals surface area contributed by atoms with Crippen molar-refractivity contribution in [2.75, 3.05) is 13.7 Å². The third kappa shape index (κ3) is 1.91. The van der Waals surface area contributed by atoms with Crippen molar-refractivity contribution < 1.29 is 14.6 Å². The molecule has 3 N–H and O–H groups in total. The summed E-state index contributed by atoms with van der Waals surface area (Å²) in [6, 6.07) is 5.50. The molecular formula is C11H15NO3. The van der Waals surface area contributed by atoms with E-state index in [1.807, 2.05) is 12.1 Å². The van der Waals surface area contributed by atoms with Crippen LogP contribution in [0.5, 0.6) is 11.5 Å². The molecule has 0 fully saturated rings. The highest BCUT2D eigenvalue weighted by atomic mass is 16.5. The van der Waals surface area contributed by atoms with Gasteiger partial charge in [-0.15, -0.1) is 0 Å². The molecular weight excluding hydrogens is 194 g/mol. The number of hydrogen-bond acceptors (Lipinski definition) is 4. The van der Waals surface area contributed by atoms with E-state index in [1.54, 1.807) is 13.2 Å². The van der Waals surface area contributed by atoms with Crippen LogP contribution in [0.2, 0.25) is 0 Å².